The molecule has 0 spiro atoms. The van der Waals surface area contributed by atoms with Gasteiger partial charge < -0.3 is 14.8 Å². The summed E-state index contributed by atoms with van der Waals surface area (Å²) in [4.78, 5) is 26.5. The number of thioether (sulfide) groups is 1. The smallest absolute Gasteiger partial charge is 0.234 e. The molecule has 6 rings (SSSR count). The zero-order valence-corrected chi connectivity index (χ0v) is 20.9. The van der Waals surface area contributed by atoms with Crippen LogP contribution < -0.4 is 10.1 Å². The van der Waals surface area contributed by atoms with Crippen molar-refractivity contribution in [2.75, 3.05) is 38.2 Å². The van der Waals surface area contributed by atoms with Gasteiger partial charge in [0, 0.05) is 23.1 Å². The number of aromatic amines is 1. The van der Waals surface area contributed by atoms with E-state index >= 15 is 0 Å². The maximum atomic E-state index is 13.4. The Morgan fingerprint density at radius 3 is 2.72 bits per heavy atom. The minimum Gasteiger partial charge on any atom is -0.493 e. The average molecular weight is 509 g/mol. The maximum absolute atomic E-state index is 13.4. The van der Waals surface area contributed by atoms with E-state index in [2.05, 4.69) is 30.5 Å². The highest BCUT2D eigenvalue weighted by Gasteiger charge is 2.63. The SMILES string of the molecule is COc1cc2ncnc(-c3cn[nH]c3-c3ccc(F)cc3)c2nc1NC(=O)[C@]12COCC1C2.CSC. The standard InChI is InChI=1S/C23H19FN6O3.C2H6S/c1-32-17-6-16-20(28-21(17)29-22(31)23-7-13(23)9-33-10-23)19(26-11-25-16)15-8-27-30-18(15)12-2-4-14(24)5-3-12;1-3-2/h2-6,8,11,13H,7,9-10H2,1H3,(H,27,30)(H,28,29,31);1-2H3/t13?,23-;/m1./s1. The Morgan fingerprint density at radius 2 is 2.06 bits per heavy atom. The molecule has 4 aromatic rings. The molecule has 1 aliphatic heterocycles. The van der Waals surface area contributed by atoms with Crippen molar-refractivity contribution in [3.63, 3.8) is 0 Å². The van der Waals surface area contributed by atoms with Gasteiger partial charge in [-0.2, -0.15) is 16.9 Å². The van der Waals surface area contributed by atoms with Gasteiger partial charge in [0.05, 0.1) is 43.1 Å². The van der Waals surface area contributed by atoms with E-state index in [1.807, 2.05) is 12.5 Å². The van der Waals surface area contributed by atoms with Crippen LogP contribution in [0.25, 0.3) is 33.5 Å². The minimum atomic E-state index is -0.474. The summed E-state index contributed by atoms with van der Waals surface area (Å²) >= 11 is 1.75. The number of benzene rings is 1. The fourth-order valence-electron chi connectivity index (χ4n) is 4.45. The summed E-state index contributed by atoms with van der Waals surface area (Å²) in [6.07, 6.45) is 7.97. The van der Waals surface area contributed by atoms with Gasteiger partial charge in [-0.05, 0) is 43.2 Å². The molecule has 11 heteroatoms. The molecule has 186 valence electrons. The van der Waals surface area contributed by atoms with E-state index in [4.69, 9.17) is 9.47 Å². The van der Waals surface area contributed by atoms with Crippen LogP contribution in [0.4, 0.5) is 10.2 Å². The fraction of sp³-hybridized carbons (Fsp3) is 0.320. The van der Waals surface area contributed by atoms with Gasteiger partial charge in [-0.3, -0.25) is 9.89 Å². The quantitative estimate of drug-likeness (QED) is 0.413. The Bertz CT molecular complexity index is 1410. The minimum absolute atomic E-state index is 0.121. The van der Waals surface area contributed by atoms with Crippen molar-refractivity contribution in [2.45, 2.75) is 6.42 Å². The number of anilines is 1. The van der Waals surface area contributed by atoms with E-state index in [9.17, 15) is 9.18 Å². The second-order valence-corrected chi connectivity index (χ2v) is 9.55. The van der Waals surface area contributed by atoms with Crippen LogP contribution >= 0.6 is 11.8 Å². The number of hydrogen-bond donors (Lipinski definition) is 2. The summed E-state index contributed by atoms with van der Waals surface area (Å²) in [5, 5.41) is 10.0. The van der Waals surface area contributed by atoms with Crippen LogP contribution in [0.15, 0.2) is 42.9 Å². The Balaban J connectivity index is 0.000000848. The number of methoxy groups -OCH3 is 1. The molecule has 1 unspecified atom stereocenters. The van der Waals surface area contributed by atoms with E-state index in [0.717, 1.165) is 12.0 Å². The number of hydrogen-bond acceptors (Lipinski definition) is 8. The number of halogens is 1. The van der Waals surface area contributed by atoms with E-state index < -0.39 is 5.41 Å². The van der Waals surface area contributed by atoms with Gasteiger partial charge >= 0.3 is 0 Å². The number of fused-ring (bicyclic) bond motifs is 2. The van der Waals surface area contributed by atoms with E-state index in [1.165, 1.54) is 25.6 Å². The molecule has 4 heterocycles. The predicted molar refractivity (Wildman–Crippen MR) is 136 cm³/mol. The van der Waals surface area contributed by atoms with Gasteiger partial charge in [0.15, 0.2) is 11.6 Å². The highest BCUT2D eigenvalue weighted by molar-refractivity contribution is 7.97. The molecule has 0 bridgehead atoms. The Morgan fingerprint density at radius 1 is 1.28 bits per heavy atom. The summed E-state index contributed by atoms with van der Waals surface area (Å²) < 4.78 is 24.3. The van der Waals surface area contributed by atoms with Gasteiger partial charge in [0.2, 0.25) is 5.91 Å². The molecule has 2 N–H and O–H groups in total. The van der Waals surface area contributed by atoms with E-state index in [-0.39, 0.29) is 17.6 Å². The number of aromatic nitrogens is 5. The Kier molecular flexibility index (Phi) is 6.59. The molecule has 2 fully saturated rings. The predicted octanol–water partition coefficient (Wildman–Crippen LogP) is 4.18. The van der Waals surface area contributed by atoms with Gasteiger partial charge in [-0.1, -0.05) is 0 Å². The molecule has 0 radical (unpaired) electrons. The second-order valence-electron chi connectivity index (χ2n) is 8.73. The van der Waals surface area contributed by atoms with Crippen LogP contribution in [-0.2, 0) is 9.53 Å². The molecule has 1 amide bonds. The summed E-state index contributed by atoms with van der Waals surface area (Å²) in [5.74, 6) is 0.506. The highest BCUT2D eigenvalue weighted by Crippen LogP contribution is 2.57. The first kappa shape index (κ1) is 24.1. The van der Waals surface area contributed by atoms with Crippen molar-refractivity contribution in [1.82, 2.24) is 25.1 Å². The summed E-state index contributed by atoms with van der Waals surface area (Å²) in [6, 6.07) is 7.80. The van der Waals surface area contributed by atoms with Crippen LogP contribution in [0, 0.1) is 17.2 Å². The second kappa shape index (κ2) is 9.82. The zero-order valence-electron chi connectivity index (χ0n) is 20.0. The average Bonchev–Trinajstić information content (AvgIpc) is 3.20. The summed E-state index contributed by atoms with van der Waals surface area (Å²) in [5.41, 5.74) is 3.17. The van der Waals surface area contributed by atoms with E-state index in [0.29, 0.717) is 52.8 Å². The first-order valence-corrected chi connectivity index (χ1v) is 12.9. The third-order valence-corrected chi connectivity index (χ3v) is 6.42. The number of amides is 1. The van der Waals surface area contributed by atoms with Crippen molar-refractivity contribution < 1.29 is 18.7 Å². The normalized spacial score (nSPS) is 19.8. The number of carbonyl (C=O) groups excluding carboxylic acids is 1. The molecular weight excluding hydrogens is 483 g/mol. The van der Waals surface area contributed by atoms with E-state index in [1.54, 1.807) is 36.2 Å². The third-order valence-electron chi connectivity index (χ3n) is 6.42. The molecule has 2 aliphatic rings. The molecule has 1 saturated carbocycles. The number of ether oxygens (including phenoxy) is 2. The van der Waals surface area contributed by atoms with Crippen molar-refractivity contribution in [2.24, 2.45) is 11.3 Å². The lowest BCUT2D eigenvalue weighted by molar-refractivity contribution is -0.121. The van der Waals surface area contributed by atoms with Crippen molar-refractivity contribution in [1.29, 1.82) is 0 Å². The van der Waals surface area contributed by atoms with Crippen LogP contribution in [0.1, 0.15) is 6.42 Å². The largest absolute Gasteiger partial charge is 0.493 e. The molecule has 9 nitrogen and oxygen atoms in total. The molecular formula is C25H25FN6O3S. The Hall–Kier alpha value is -3.57. The lowest BCUT2D eigenvalue weighted by Gasteiger charge is -2.15. The van der Waals surface area contributed by atoms with Crippen molar-refractivity contribution in [3.8, 4) is 28.3 Å². The highest BCUT2D eigenvalue weighted by atomic mass is 32.2. The van der Waals surface area contributed by atoms with Crippen molar-refractivity contribution >= 4 is 34.5 Å². The third kappa shape index (κ3) is 4.28. The molecule has 1 aliphatic carbocycles. The fourth-order valence-corrected chi connectivity index (χ4v) is 4.45. The molecule has 2 atom stereocenters. The summed E-state index contributed by atoms with van der Waals surface area (Å²) in [6.45, 7) is 1.03. The molecule has 1 saturated heterocycles. The number of carbonyl (C=O) groups is 1. The number of nitrogens with zero attached hydrogens (tertiary/aromatic N) is 4. The monoisotopic (exact) mass is 508 g/mol. The maximum Gasteiger partial charge on any atom is 0.234 e. The van der Waals surface area contributed by atoms with Crippen molar-refractivity contribution in [3.05, 3.63) is 48.7 Å². The number of pyridine rings is 1. The van der Waals surface area contributed by atoms with Crippen LogP contribution in [0.5, 0.6) is 5.75 Å². The van der Waals surface area contributed by atoms with Gasteiger partial charge in [-0.15, -0.1) is 0 Å². The first-order chi connectivity index (χ1) is 17.5. The number of rotatable bonds is 5. The number of H-pyrrole nitrogens is 1. The van der Waals surface area contributed by atoms with Gasteiger partial charge in [0.25, 0.3) is 0 Å². The number of nitrogens with one attached hydrogen (secondary N) is 2. The van der Waals surface area contributed by atoms with Gasteiger partial charge in [-0.25, -0.2) is 19.3 Å². The molecule has 36 heavy (non-hydrogen) atoms. The first-order valence-electron chi connectivity index (χ1n) is 11.3. The Labute approximate surface area is 211 Å². The molecule has 3 aromatic heterocycles. The van der Waals surface area contributed by atoms with Crippen LogP contribution in [0.3, 0.4) is 0 Å². The van der Waals surface area contributed by atoms with Crippen LogP contribution in [0.2, 0.25) is 0 Å². The lowest BCUT2D eigenvalue weighted by Crippen LogP contribution is -2.27. The topological polar surface area (TPSA) is 115 Å². The van der Waals surface area contributed by atoms with Gasteiger partial charge in [0.1, 0.15) is 23.4 Å². The molecule has 1 aromatic carbocycles. The zero-order chi connectivity index (χ0) is 25.3. The van der Waals surface area contributed by atoms with Crippen LogP contribution in [-0.4, -0.2) is 63.9 Å². The lowest BCUT2D eigenvalue weighted by atomic mass is 10.0. The summed E-state index contributed by atoms with van der Waals surface area (Å²) in [7, 11) is 1.51.